The number of nitrogens with two attached hydrogens (primary N) is 1. The minimum Gasteiger partial charge on any atom is -0.366 e. The molecule has 0 unspecified atom stereocenters. The highest BCUT2D eigenvalue weighted by Crippen LogP contribution is 2.37. The van der Waals surface area contributed by atoms with Crippen molar-refractivity contribution in [2.45, 2.75) is 13.1 Å². The van der Waals surface area contributed by atoms with E-state index in [1.54, 1.807) is 6.07 Å². The summed E-state index contributed by atoms with van der Waals surface area (Å²) in [5, 5.41) is 18.4. The van der Waals surface area contributed by atoms with Crippen molar-refractivity contribution >= 4 is 5.91 Å². The Morgan fingerprint density at radius 3 is 2.61 bits per heavy atom. The Hall–Kier alpha value is -3.38. The Labute approximate surface area is 132 Å². The monoisotopic (exact) mass is 306 g/mol. The maximum absolute atomic E-state index is 14.6. The van der Waals surface area contributed by atoms with Crippen LogP contribution in [0.4, 0.5) is 4.39 Å². The number of benzene rings is 2. The van der Waals surface area contributed by atoms with Gasteiger partial charge in [0.25, 0.3) is 0 Å². The summed E-state index contributed by atoms with van der Waals surface area (Å²) in [4.78, 5) is 13.2. The van der Waals surface area contributed by atoms with E-state index in [1.807, 2.05) is 12.3 Å². The van der Waals surface area contributed by atoms with Crippen molar-refractivity contribution in [2.75, 3.05) is 0 Å². The first-order chi connectivity index (χ1) is 11.1. The van der Waals surface area contributed by atoms with E-state index >= 15 is 0 Å². The third-order valence-corrected chi connectivity index (χ3v) is 3.91. The zero-order chi connectivity index (χ0) is 16.6. The third kappa shape index (κ3) is 2.27. The van der Waals surface area contributed by atoms with Crippen LogP contribution in [0.5, 0.6) is 0 Å². The fraction of sp³-hybridized carbons (Fsp3) is 0.118. The van der Waals surface area contributed by atoms with Gasteiger partial charge in [-0.1, -0.05) is 12.1 Å². The molecule has 0 radical (unpaired) electrons. The number of hydrogen-bond acceptors (Lipinski definition) is 4. The molecule has 0 aliphatic carbocycles. The van der Waals surface area contributed by atoms with Gasteiger partial charge in [-0.25, -0.2) is 4.39 Å². The molecule has 1 aliphatic heterocycles. The number of carbonyl (C=O) groups is 1. The third-order valence-electron chi connectivity index (χ3n) is 3.91. The van der Waals surface area contributed by atoms with Crippen molar-refractivity contribution in [1.29, 1.82) is 10.5 Å². The molecule has 3 rings (SSSR count). The lowest BCUT2D eigenvalue weighted by Crippen LogP contribution is -2.14. The SMILES string of the molecule is N#Cc1cccc(C(N)=O)c1-c1c(F)ccc2c1CN(C#N)C2. The standard InChI is InChI=1S/C17H11FN4O/c18-14-5-4-11-7-22(9-20)8-13(11)16(14)15-10(6-19)2-1-3-12(15)17(21)23/h1-5H,7-8H2,(H2,21,23). The molecule has 0 bridgehead atoms. The van der Waals surface area contributed by atoms with Crippen LogP contribution in [0.2, 0.25) is 0 Å². The van der Waals surface area contributed by atoms with E-state index in [4.69, 9.17) is 11.0 Å². The molecular weight excluding hydrogens is 295 g/mol. The number of hydrogen-bond donors (Lipinski definition) is 1. The molecule has 0 atom stereocenters. The summed E-state index contributed by atoms with van der Waals surface area (Å²) in [5.41, 5.74) is 7.42. The quantitative estimate of drug-likeness (QED) is 0.861. The first-order valence-electron chi connectivity index (χ1n) is 6.85. The Balaban J connectivity index is 2.35. The molecule has 0 saturated carbocycles. The van der Waals surface area contributed by atoms with Crippen molar-refractivity contribution in [3.63, 3.8) is 0 Å². The molecule has 5 nitrogen and oxygen atoms in total. The van der Waals surface area contributed by atoms with Gasteiger partial charge in [0, 0.05) is 16.7 Å². The maximum Gasteiger partial charge on any atom is 0.249 e. The van der Waals surface area contributed by atoms with Crippen molar-refractivity contribution in [3.8, 4) is 23.4 Å². The van der Waals surface area contributed by atoms with Gasteiger partial charge in [-0.05, 0) is 29.3 Å². The first-order valence-corrected chi connectivity index (χ1v) is 6.85. The average molecular weight is 306 g/mol. The summed E-state index contributed by atoms with van der Waals surface area (Å²) < 4.78 is 14.6. The Morgan fingerprint density at radius 2 is 1.96 bits per heavy atom. The van der Waals surface area contributed by atoms with Crippen LogP contribution >= 0.6 is 0 Å². The maximum atomic E-state index is 14.6. The number of rotatable bonds is 2. The highest BCUT2D eigenvalue weighted by atomic mass is 19.1. The number of carbonyl (C=O) groups excluding carboxylic acids is 1. The van der Waals surface area contributed by atoms with Crippen LogP contribution in [-0.2, 0) is 13.1 Å². The molecule has 1 heterocycles. The van der Waals surface area contributed by atoms with Gasteiger partial charge in [0.2, 0.25) is 5.91 Å². The van der Waals surface area contributed by atoms with Crippen LogP contribution in [0.3, 0.4) is 0 Å². The van der Waals surface area contributed by atoms with Crippen molar-refractivity contribution in [2.24, 2.45) is 5.73 Å². The molecule has 23 heavy (non-hydrogen) atoms. The number of nitriles is 2. The molecule has 6 heteroatoms. The predicted octanol–water partition coefficient (Wildman–Crippen LogP) is 2.26. The number of amides is 1. The summed E-state index contributed by atoms with van der Waals surface area (Å²) >= 11 is 0. The molecule has 1 amide bonds. The summed E-state index contributed by atoms with van der Waals surface area (Å²) in [5.74, 6) is -1.28. The molecule has 0 saturated heterocycles. The second-order valence-corrected chi connectivity index (χ2v) is 5.22. The fourth-order valence-electron chi connectivity index (χ4n) is 2.90. The van der Waals surface area contributed by atoms with Crippen molar-refractivity contribution in [1.82, 2.24) is 4.90 Å². The van der Waals surface area contributed by atoms with Crippen LogP contribution in [0.25, 0.3) is 11.1 Å². The van der Waals surface area contributed by atoms with Gasteiger partial charge in [-0.2, -0.15) is 10.5 Å². The molecule has 2 N–H and O–H groups in total. The first kappa shape index (κ1) is 14.6. The highest BCUT2D eigenvalue weighted by Gasteiger charge is 2.27. The van der Waals surface area contributed by atoms with Gasteiger partial charge in [0.05, 0.1) is 24.7 Å². The van der Waals surface area contributed by atoms with Crippen LogP contribution in [-0.4, -0.2) is 10.8 Å². The summed E-state index contributed by atoms with van der Waals surface area (Å²) in [7, 11) is 0. The zero-order valence-corrected chi connectivity index (χ0v) is 12.0. The van der Waals surface area contributed by atoms with E-state index in [2.05, 4.69) is 0 Å². The lowest BCUT2D eigenvalue weighted by molar-refractivity contribution is 0.100. The Kier molecular flexibility index (Phi) is 3.44. The summed E-state index contributed by atoms with van der Waals surface area (Å²) in [6, 6.07) is 9.39. The van der Waals surface area contributed by atoms with Gasteiger partial charge < -0.3 is 10.6 Å². The van der Waals surface area contributed by atoms with Crippen LogP contribution in [0.1, 0.15) is 27.0 Å². The van der Waals surface area contributed by atoms with E-state index in [9.17, 15) is 14.4 Å². The zero-order valence-electron chi connectivity index (χ0n) is 12.0. The van der Waals surface area contributed by atoms with Crippen molar-refractivity contribution in [3.05, 3.63) is 58.4 Å². The van der Waals surface area contributed by atoms with Crippen LogP contribution in [0, 0.1) is 28.6 Å². The average Bonchev–Trinajstić information content (AvgIpc) is 2.97. The minimum absolute atomic E-state index is 0.0896. The molecular formula is C17H11FN4O. The number of primary amides is 1. The minimum atomic E-state index is -0.732. The van der Waals surface area contributed by atoms with Crippen LogP contribution < -0.4 is 5.73 Å². The van der Waals surface area contributed by atoms with E-state index in [0.717, 1.165) is 5.56 Å². The molecule has 2 aromatic carbocycles. The number of fused-ring (bicyclic) bond motifs is 1. The van der Waals surface area contributed by atoms with Gasteiger partial charge in [0.1, 0.15) is 5.82 Å². The number of halogens is 1. The Bertz CT molecular complexity index is 908. The molecule has 0 fully saturated rings. The Morgan fingerprint density at radius 1 is 1.17 bits per heavy atom. The topological polar surface area (TPSA) is 93.9 Å². The lowest BCUT2D eigenvalue weighted by Gasteiger charge is -2.14. The molecule has 1 aliphatic rings. The normalized spacial score (nSPS) is 12.4. The van der Waals surface area contributed by atoms with E-state index in [-0.39, 0.29) is 28.8 Å². The summed E-state index contributed by atoms with van der Waals surface area (Å²) in [6.07, 6.45) is 2.03. The fourth-order valence-corrected chi connectivity index (χ4v) is 2.90. The molecule has 2 aromatic rings. The predicted molar refractivity (Wildman–Crippen MR) is 79.9 cm³/mol. The van der Waals surface area contributed by atoms with Gasteiger partial charge >= 0.3 is 0 Å². The van der Waals surface area contributed by atoms with E-state index in [1.165, 1.54) is 29.2 Å². The second kappa shape index (κ2) is 5.43. The molecule has 112 valence electrons. The largest absolute Gasteiger partial charge is 0.366 e. The van der Waals surface area contributed by atoms with Gasteiger partial charge in [-0.15, -0.1) is 0 Å². The van der Waals surface area contributed by atoms with Crippen molar-refractivity contribution < 1.29 is 9.18 Å². The smallest absolute Gasteiger partial charge is 0.249 e. The van der Waals surface area contributed by atoms with E-state index in [0.29, 0.717) is 12.1 Å². The summed E-state index contributed by atoms with van der Waals surface area (Å²) in [6.45, 7) is 0.608. The van der Waals surface area contributed by atoms with Gasteiger partial charge in [-0.3, -0.25) is 4.79 Å². The van der Waals surface area contributed by atoms with Gasteiger partial charge in [0.15, 0.2) is 6.19 Å². The molecule has 0 aromatic heterocycles. The number of nitrogens with zero attached hydrogens (tertiary/aromatic N) is 3. The van der Waals surface area contributed by atoms with E-state index < -0.39 is 11.7 Å². The second-order valence-electron chi connectivity index (χ2n) is 5.22. The highest BCUT2D eigenvalue weighted by molar-refractivity contribution is 6.01. The lowest BCUT2D eigenvalue weighted by atomic mass is 9.89. The van der Waals surface area contributed by atoms with Crippen LogP contribution in [0.15, 0.2) is 30.3 Å². The molecule has 0 spiro atoms.